The van der Waals surface area contributed by atoms with Gasteiger partial charge in [0.1, 0.15) is 5.75 Å². The van der Waals surface area contributed by atoms with Crippen LogP contribution in [-0.4, -0.2) is 6.61 Å². The van der Waals surface area contributed by atoms with Gasteiger partial charge in [0, 0.05) is 5.56 Å². The van der Waals surface area contributed by atoms with Crippen molar-refractivity contribution in [3.8, 4) is 5.75 Å². The molecule has 0 aliphatic rings. The summed E-state index contributed by atoms with van der Waals surface area (Å²) >= 11 is 17.4. The van der Waals surface area contributed by atoms with Gasteiger partial charge >= 0.3 is 0 Å². The average molecular weight is 352 g/mol. The van der Waals surface area contributed by atoms with E-state index in [0.717, 1.165) is 18.8 Å². The minimum absolute atomic E-state index is 0.659. The molecule has 0 N–H and O–H groups in total. The van der Waals surface area contributed by atoms with Crippen LogP contribution in [0.3, 0.4) is 0 Å². The van der Waals surface area contributed by atoms with Gasteiger partial charge in [0.05, 0.1) is 6.61 Å². The summed E-state index contributed by atoms with van der Waals surface area (Å²) in [6.45, 7) is 3.00. The van der Waals surface area contributed by atoms with Crippen LogP contribution in [0, 0.1) is 0 Å². The molecule has 0 radical (unpaired) electrons. The number of hydrogen-bond acceptors (Lipinski definition) is 1. The molecule has 4 heteroatoms. The summed E-state index contributed by atoms with van der Waals surface area (Å²) in [6, 6.07) is 7.27. The third-order valence-corrected chi connectivity index (χ3v) is 4.10. The van der Waals surface area contributed by atoms with Crippen molar-refractivity contribution < 1.29 is 4.74 Å². The molecule has 120 valence electrons. The number of ether oxygens (including phenoxy) is 1. The highest BCUT2D eigenvalue weighted by Gasteiger charge is 2.22. The maximum atomic E-state index is 5.81. The molecule has 21 heavy (non-hydrogen) atoms. The van der Waals surface area contributed by atoms with Gasteiger partial charge in [0.15, 0.2) is 0 Å². The van der Waals surface area contributed by atoms with E-state index in [1.54, 1.807) is 12.1 Å². The lowest BCUT2D eigenvalue weighted by Crippen LogP contribution is -2.01. The van der Waals surface area contributed by atoms with Crippen LogP contribution in [0.4, 0.5) is 0 Å². The highest BCUT2D eigenvalue weighted by molar-refractivity contribution is 6.66. The number of alkyl halides is 3. The fourth-order valence-corrected chi connectivity index (χ4v) is 2.54. The standard InChI is InChI=1S/C17H25Cl3O/c1-2-3-4-5-6-7-8-9-14-21-16-12-10-15(11-13-16)17(18,19)20/h10-13H,2-9,14H2,1H3. The summed E-state index contributed by atoms with van der Waals surface area (Å²) in [5.41, 5.74) is 0.659. The summed E-state index contributed by atoms with van der Waals surface area (Å²) < 4.78 is 4.32. The van der Waals surface area contributed by atoms with Crippen molar-refractivity contribution in [2.75, 3.05) is 6.61 Å². The molecule has 0 atom stereocenters. The lowest BCUT2D eigenvalue weighted by Gasteiger charge is -2.12. The second-order valence-corrected chi connectivity index (χ2v) is 7.63. The number of unbranched alkanes of at least 4 members (excludes halogenated alkanes) is 7. The van der Waals surface area contributed by atoms with Crippen molar-refractivity contribution in [1.29, 1.82) is 0 Å². The van der Waals surface area contributed by atoms with Gasteiger partial charge in [0.25, 0.3) is 0 Å². The van der Waals surface area contributed by atoms with Crippen LogP contribution in [0.15, 0.2) is 24.3 Å². The third-order valence-electron chi connectivity index (χ3n) is 3.45. The summed E-state index contributed by atoms with van der Waals surface area (Å²) in [4.78, 5) is 0. The Hall–Kier alpha value is -0.110. The molecule has 0 saturated heterocycles. The fourth-order valence-electron chi connectivity index (χ4n) is 2.17. The van der Waals surface area contributed by atoms with E-state index in [1.807, 2.05) is 12.1 Å². The highest BCUT2D eigenvalue weighted by Crippen LogP contribution is 2.38. The molecular formula is C17H25Cl3O. The lowest BCUT2D eigenvalue weighted by molar-refractivity contribution is 0.304. The minimum atomic E-state index is -1.36. The van der Waals surface area contributed by atoms with E-state index in [9.17, 15) is 0 Å². The van der Waals surface area contributed by atoms with Crippen molar-refractivity contribution in [1.82, 2.24) is 0 Å². The van der Waals surface area contributed by atoms with Crippen LogP contribution in [0.25, 0.3) is 0 Å². The molecule has 0 unspecified atom stereocenters. The van der Waals surface area contributed by atoms with Crippen LogP contribution in [0.1, 0.15) is 63.9 Å². The monoisotopic (exact) mass is 350 g/mol. The van der Waals surface area contributed by atoms with Crippen molar-refractivity contribution in [3.05, 3.63) is 29.8 Å². The topological polar surface area (TPSA) is 9.23 Å². The second-order valence-electron chi connectivity index (χ2n) is 5.35. The number of rotatable bonds is 10. The zero-order chi connectivity index (χ0) is 15.6. The van der Waals surface area contributed by atoms with Gasteiger partial charge in [-0.15, -0.1) is 0 Å². The fraction of sp³-hybridized carbons (Fsp3) is 0.647. The first-order valence-electron chi connectivity index (χ1n) is 7.84. The van der Waals surface area contributed by atoms with E-state index < -0.39 is 3.79 Å². The zero-order valence-corrected chi connectivity index (χ0v) is 15.0. The molecule has 1 nitrogen and oxygen atoms in total. The van der Waals surface area contributed by atoms with Crippen LogP contribution >= 0.6 is 34.8 Å². The Morgan fingerprint density at radius 1 is 0.810 bits per heavy atom. The molecule has 1 aromatic rings. The Bertz CT molecular complexity index is 371. The first-order valence-corrected chi connectivity index (χ1v) is 8.97. The van der Waals surface area contributed by atoms with E-state index >= 15 is 0 Å². The van der Waals surface area contributed by atoms with Crippen LogP contribution in [0.2, 0.25) is 0 Å². The molecule has 0 aliphatic heterocycles. The van der Waals surface area contributed by atoms with Crippen molar-refractivity contribution >= 4 is 34.8 Å². The van der Waals surface area contributed by atoms with E-state index in [-0.39, 0.29) is 0 Å². The van der Waals surface area contributed by atoms with Gasteiger partial charge in [-0.05, 0) is 18.6 Å². The predicted molar refractivity (Wildman–Crippen MR) is 93.8 cm³/mol. The molecule has 1 aromatic carbocycles. The SMILES string of the molecule is CCCCCCCCCCOc1ccc(C(Cl)(Cl)Cl)cc1. The summed E-state index contributed by atoms with van der Waals surface area (Å²) in [6.07, 6.45) is 10.4. The van der Waals surface area contributed by atoms with E-state index in [4.69, 9.17) is 39.5 Å². The average Bonchev–Trinajstić information content (AvgIpc) is 2.45. The molecule has 0 aliphatic carbocycles. The van der Waals surface area contributed by atoms with E-state index in [1.165, 1.54) is 44.9 Å². The Kier molecular flexibility index (Phi) is 9.55. The van der Waals surface area contributed by atoms with Crippen molar-refractivity contribution in [3.63, 3.8) is 0 Å². The van der Waals surface area contributed by atoms with E-state index in [2.05, 4.69) is 6.92 Å². The minimum Gasteiger partial charge on any atom is -0.494 e. The van der Waals surface area contributed by atoms with Crippen LogP contribution < -0.4 is 4.74 Å². The summed E-state index contributed by atoms with van der Waals surface area (Å²) in [5, 5.41) is 0. The van der Waals surface area contributed by atoms with Crippen LogP contribution in [0.5, 0.6) is 5.75 Å². The van der Waals surface area contributed by atoms with Gasteiger partial charge in [-0.2, -0.15) is 0 Å². The number of halogens is 3. The number of hydrogen-bond donors (Lipinski definition) is 0. The Morgan fingerprint density at radius 2 is 1.33 bits per heavy atom. The molecule has 0 spiro atoms. The summed E-state index contributed by atoms with van der Waals surface area (Å²) in [7, 11) is 0. The number of benzene rings is 1. The second kappa shape index (κ2) is 10.6. The van der Waals surface area contributed by atoms with Crippen LogP contribution in [-0.2, 0) is 3.79 Å². The predicted octanol–water partition coefficient (Wildman–Crippen LogP) is 7.03. The van der Waals surface area contributed by atoms with Crippen molar-refractivity contribution in [2.24, 2.45) is 0 Å². The van der Waals surface area contributed by atoms with Crippen molar-refractivity contribution in [2.45, 2.75) is 62.1 Å². The maximum Gasteiger partial charge on any atom is 0.216 e. The summed E-state index contributed by atoms with van der Waals surface area (Å²) in [5.74, 6) is 0.830. The first kappa shape index (κ1) is 18.9. The van der Waals surface area contributed by atoms with Gasteiger partial charge in [-0.25, -0.2) is 0 Å². The first-order chi connectivity index (χ1) is 10.0. The molecule has 1 rings (SSSR count). The molecular weight excluding hydrogens is 327 g/mol. The highest BCUT2D eigenvalue weighted by atomic mass is 35.6. The molecule has 0 amide bonds. The molecule has 0 saturated carbocycles. The van der Waals surface area contributed by atoms with Gasteiger partial charge in [-0.1, -0.05) is 98.8 Å². The molecule has 0 fully saturated rings. The zero-order valence-electron chi connectivity index (χ0n) is 12.7. The Balaban J connectivity index is 2.08. The molecule has 0 bridgehead atoms. The lowest BCUT2D eigenvalue weighted by atomic mass is 10.1. The van der Waals surface area contributed by atoms with Gasteiger partial charge in [-0.3, -0.25) is 0 Å². The Labute approximate surface area is 143 Å². The quantitative estimate of drug-likeness (QED) is 0.324. The smallest absolute Gasteiger partial charge is 0.216 e. The molecule has 0 aromatic heterocycles. The molecule has 0 heterocycles. The van der Waals surface area contributed by atoms with Gasteiger partial charge in [0.2, 0.25) is 3.79 Å². The van der Waals surface area contributed by atoms with Gasteiger partial charge < -0.3 is 4.74 Å². The Morgan fingerprint density at radius 3 is 1.86 bits per heavy atom. The third kappa shape index (κ3) is 8.80. The normalized spacial score (nSPS) is 11.6. The maximum absolute atomic E-state index is 5.81. The largest absolute Gasteiger partial charge is 0.494 e. The van der Waals surface area contributed by atoms with E-state index in [0.29, 0.717) is 5.56 Å².